The normalized spacial score (nSPS) is 17.3. The van der Waals surface area contributed by atoms with Crippen molar-refractivity contribution in [2.75, 3.05) is 33.7 Å². The summed E-state index contributed by atoms with van der Waals surface area (Å²) in [6.45, 7) is 1.41. The van der Waals surface area contributed by atoms with Gasteiger partial charge in [-0.1, -0.05) is 30.3 Å². The molecule has 1 aromatic carbocycles. The van der Waals surface area contributed by atoms with Crippen LogP contribution in [-0.2, 0) is 21.4 Å². The maximum absolute atomic E-state index is 12.2. The molecule has 0 bridgehead atoms. The van der Waals surface area contributed by atoms with Crippen LogP contribution >= 0.6 is 0 Å². The van der Waals surface area contributed by atoms with Crippen molar-refractivity contribution in [2.45, 2.75) is 19.3 Å². The first-order valence-corrected chi connectivity index (χ1v) is 9.30. The molecule has 0 radical (unpaired) electrons. The van der Waals surface area contributed by atoms with Crippen molar-refractivity contribution in [1.82, 2.24) is 13.9 Å². The van der Waals surface area contributed by atoms with Gasteiger partial charge in [0.25, 0.3) is 10.2 Å². The van der Waals surface area contributed by atoms with Crippen LogP contribution in [0.15, 0.2) is 30.3 Å². The lowest BCUT2D eigenvalue weighted by molar-refractivity contribution is -0.126. The number of benzene rings is 1. The molecule has 1 amide bonds. The molecule has 0 unspecified atom stereocenters. The lowest BCUT2D eigenvalue weighted by atomic mass is 9.97. The molecule has 0 saturated carbocycles. The first kappa shape index (κ1) is 17.9. The third kappa shape index (κ3) is 4.76. The number of carbonyl (C=O) groups excluding carboxylic acids is 1. The zero-order valence-corrected chi connectivity index (χ0v) is 14.6. The van der Waals surface area contributed by atoms with Gasteiger partial charge in [0, 0.05) is 39.6 Å². The van der Waals surface area contributed by atoms with Gasteiger partial charge in [-0.2, -0.15) is 17.0 Å². The summed E-state index contributed by atoms with van der Waals surface area (Å²) >= 11 is 0. The van der Waals surface area contributed by atoms with E-state index in [9.17, 15) is 13.2 Å². The van der Waals surface area contributed by atoms with Crippen molar-refractivity contribution in [1.29, 1.82) is 0 Å². The Kier molecular flexibility index (Phi) is 6.15. The fourth-order valence-corrected chi connectivity index (χ4v) is 3.83. The molecular formula is C16H25N3O3S. The molecule has 128 valence electrons. The van der Waals surface area contributed by atoms with Gasteiger partial charge in [0.05, 0.1) is 0 Å². The van der Waals surface area contributed by atoms with E-state index in [0.717, 1.165) is 6.42 Å². The van der Waals surface area contributed by atoms with E-state index < -0.39 is 10.2 Å². The minimum Gasteiger partial charge on any atom is -0.356 e. The van der Waals surface area contributed by atoms with Crippen LogP contribution < -0.4 is 5.32 Å². The highest BCUT2D eigenvalue weighted by Crippen LogP contribution is 2.20. The molecule has 1 N–H and O–H groups in total. The lowest BCUT2D eigenvalue weighted by Crippen LogP contribution is -2.47. The van der Waals surface area contributed by atoms with Crippen LogP contribution in [0, 0.1) is 5.92 Å². The number of hydrogen-bond acceptors (Lipinski definition) is 3. The Morgan fingerprint density at radius 1 is 1.22 bits per heavy atom. The lowest BCUT2D eigenvalue weighted by Gasteiger charge is -2.32. The Bertz CT molecular complexity index is 609. The summed E-state index contributed by atoms with van der Waals surface area (Å²) in [7, 11) is -0.316. The molecule has 6 nitrogen and oxygen atoms in total. The predicted octanol–water partition coefficient (Wildman–Crippen LogP) is 0.864. The summed E-state index contributed by atoms with van der Waals surface area (Å²) in [5.74, 6) is -0.0674. The Morgan fingerprint density at radius 3 is 2.39 bits per heavy atom. The largest absolute Gasteiger partial charge is 0.356 e. The highest BCUT2D eigenvalue weighted by atomic mass is 32.2. The van der Waals surface area contributed by atoms with Crippen molar-refractivity contribution in [3.63, 3.8) is 0 Å². The van der Waals surface area contributed by atoms with Gasteiger partial charge in [-0.15, -0.1) is 0 Å². The second kappa shape index (κ2) is 7.90. The van der Waals surface area contributed by atoms with E-state index >= 15 is 0 Å². The third-order valence-corrected chi connectivity index (χ3v) is 6.11. The number of carbonyl (C=O) groups is 1. The summed E-state index contributed by atoms with van der Waals surface area (Å²) < 4.78 is 26.7. The van der Waals surface area contributed by atoms with Crippen LogP contribution in [0.1, 0.15) is 18.4 Å². The van der Waals surface area contributed by atoms with E-state index in [1.807, 2.05) is 30.3 Å². The Morgan fingerprint density at radius 2 is 1.83 bits per heavy atom. The molecule has 1 heterocycles. The van der Waals surface area contributed by atoms with Crippen LogP contribution in [0.4, 0.5) is 0 Å². The zero-order valence-electron chi connectivity index (χ0n) is 13.7. The Hall–Kier alpha value is -1.44. The zero-order chi connectivity index (χ0) is 16.9. The molecule has 0 spiro atoms. The van der Waals surface area contributed by atoms with Crippen LogP contribution in [0.2, 0.25) is 0 Å². The average Bonchev–Trinajstić information content (AvgIpc) is 2.55. The molecular weight excluding hydrogens is 314 g/mol. The van der Waals surface area contributed by atoms with Gasteiger partial charge in [0.15, 0.2) is 0 Å². The fourth-order valence-electron chi connectivity index (χ4n) is 2.70. The van der Waals surface area contributed by atoms with Crippen molar-refractivity contribution in [2.24, 2.45) is 5.92 Å². The van der Waals surface area contributed by atoms with Gasteiger partial charge >= 0.3 is 0 Å². The molecule has 0 aromatic heterocycles. The Labute approximate surface area is 138 Å². The van der Waals surface area contributed by atoms with E-state index in [1.54, 1.807) is 0 Å². The minimum absolute atomic E-state index is 0.0304. The molecule has 0 aliphatic carbocycles. The second-order valence-corrected chi connectivity index (χ2v) is 8.13. The Balaban J connectivity index is 1.76. The van der Waals surface area contributed by atoms with E-state index in [0.29, 0.717) is 32.5 Å². The quantitative estimate of drug-likeness (QED) is 0.836. The molecule has 1 saturated heterocycles. The molecule has 0 atom stereocenters. The summed E-state index contributed by atoms with van der Waals surface area (Å²) in [6, 6.07) is 10.0. The number of piperidine rings is 1. The summed E-state index contributed by atoms with van der Waals surface area (Å²) in [5.41, 5.74) is 1.19. The minimum atomic E-state index is -3.37. The molecule has 1 aromatic rings. The smallest absolute Gasteiger partial charge is 0.281 e. The highest BCUT2D eigenvalue weighted by molar-refractivity contribution is 7.86. The summed E-state index contributed by atoms with van der Waals surface area (Å²) in [5, 5.41) is 2.96. The van der Waals surface area contributed by atoms with Gasteiger partial charge in [-0.3, -0.25) is 4.79 Å². The van der Waals surface area contributed by atoms with E-state index in [4.69, 9.17) is 0 Å². The first-order chi connectivity index (χ1) is 10.9. The van der Waals surface area contributed by atoms with Crippen LogP contribution in [0.3, 0.4) is 0 Å². The van der Waals surface area contributed by atoms with Gasteiger partial charge < -0.3 is 5.32 Å². The van der Waals surface area contributed by atoms with Gasteiger partial charge in [0.2, 0.25) is 5.91 Å². The van der Waals surface area contributed by atoms with Gasteiger partial charge in [-0.25, -0.2) is 0 Å². The molecule has 7 heteroatoms. The number of rotatable bonds is 6. The van der Waals surface area contributed by atoms with Crippen LogP contribution in [0.5, 0.6) is 0 Å². The number of hydrogen-bond donors (Lipinski definition) is 1. The maximum atomic E-state index is 12.2. The second-order valence-electron chi connectivity index (χ2n) is 5.99. The molecule has 2 rings (SSSR count). The number of amides is 1. The maximum Gasteiger partial charge on any atom is 0.281 e. The SMILES string of the molecule is CN(C)S(=O)(=O)N1CCC(C(=O)NCCc2ccccc2)CC1. The molecule has 1 aliphatic rings. The van der Waals surface area contributed by atoms with Gasteiger partial charge in [-0.05, 0) is 24.8 Å². The number of nitrogens with one attached hydrogen (secondary N) is 1. The standard InChI is InChI=1S/C16H25N3O3S/c1-18(2)23(21,22)19-12-9-15(10-13-19)16(20)17-11-8-14-6-4-3-5-7-14/h3-7,15H,8-13H2,1-2H3,(H,17,20). The summed E-state index contributed by atoms with van der Waals surface area (Å²) in [6.07, 6.45) is 1.95. The van der Waals surface area contributed by atoms with Crippen molar-refractivity contribution in [3.8, 4) is 0 Å². The van der Waals surface area contributed by atoms with Crippen LogP contribution in [0.25, 0.3) is 0 Å². The summed E-state index contributed by atoms with van der Waals surface area (Å²) in [4.78, 5) is 12.2. The van der Waals surface area contributed by atoms with E-state index in [1.165, 1.54) is 28.3 Å². The number of nitrogens with zero attached hydrogens (tertiary/aromatic N) is 2. The van der Waals surface area contributed by atoms with Gasteiger partial charge in [0.1, 0.15) is 0 Å². The third-order valence-electron chi connectivity index (χ3n) is 4.17. The topological polar surface area (TPSA) is 69.7 Å². The fraction of sp³-hybridized carbons (Fsp3) is 0.562. The van der Waals surface area contributed by atoms with Crippen molar-refractivity contribution >= 4 is 16.1 Å². The van der Waals surface area contributed by atoms with E-state index in [-0.39, 0.29) is 11.8 Å². The van der Waals surface area contributed by atoms with E-state index in [2.05, 4.69) is 5.32 Å². The molecule has 1 aliphatic heterocycles. The first-order valence-electron chi connectivity index (χ1n) is 7.90. The molecule has 23 heavy (non-hydrogen) atoms. The van der Waals surface area contributed by atoms with Crippen molar-refractivity contribution in [3.05, 3.63) is 35.9 Å². The highest BCUT2D eigenvalue weighted by Gasteiger charge is 2.31. The molecule has 1 fully saturated rings. The monoisotopic (exact) mass is 339 g/mol. The van der Waals surface area contributed by atoms with Crippen molar-refractivity contribution < 1.29 is 13.2 Å². The predicted molar refractivity (Wildman–Crippen MR) is 90.1 cm³/mol. The van der Waals surface area contributed by atoms with Crippen LogP contribution in [-0.4, -0.2) is 56.7 Å². The average molecular weight is 339 g/mol.